The second kappa shape index (κ2) is 8.07. The van der Waals surface area contributed by atoms with E-state index in [0.29, 0.717) is 24.6 Å². The number of rotatable bonds is 5. The van der Waals surface area contributed by atoms with E-state index in [0.717, 1.165) is 25.9 Å². The van der Waals surface area contributed by atoms with Crippen LogP contribution < -0.4 is 11.5 Å². The molecular weight excluding hydrogens is 308 g/mol. The van der Waals surface area contributed by atoms with Crippen LogP contribution in [0.5, 0.6) is 0 Å². The maximum absolute atomic E-state index is 11.2. The van der Waals surface area contributed by atoms with E-state index in [1.807, 2.05) is 0 Å². The van der Waals surface area contributed by atoms with Crippen molar-refractivity contribution in [2.75, 3.05) is 19.6 Å². The van der Waals surface area contributed by atoms with E-state index in [9.17, 15) is 14.9 Å². The van der Waals surface area contributed by atoms with Crippen LogP contribution in [0.25, 0.3) is 0 Å². The Hall–Kier alpha value is -1.70. The average Bonchev–Trinajstić information content (AvgIpc) is 2.48. The number of amides is 1. The van der Waals surface area contributed by atoms with Crippen molar-refractivity contribution in [2.24, 2.45) is 17.4 Å². The number of carbonyl (C=O) groups excluding carboxylic acids is 1. The topological polar surface area (TPSA) is 115 Å². The van der Waals surface area contributed by atoms with E-state index in [2.05, 4.69) is 4.90 Å². The Kier molecular flexibility index (Phi) is 6.73. The summed E-state index contributed by atoms with van der Waals surface area (Å²) < 4.78 is 0. The zero-order chi connectivity index (χ0) is 15.4. The minimum Gasteiger partial charge on any atom is -0.366 e. The Labute approximate surface area is 135 Å². The lowest BCUT2D eigenvalue weighted by Crippen LogP contribution is -2.35. The first-order valence-corrected chi connectivity index (χ1v) is 7.00. The molecule has 1 heterocycles. The number of halogens is 1. The van der Waals surface area contributed by atoms with E-state index in [4.69, 9.17) is 11.5 Å². The summed E-state index contributed by atoms with van der Waals surface area (Å²) in [6.45, 7) is 2.97. The van der Waals surface area contributed by atoms with Crippen molar-refractivity contribution in [3.63, 3.8) is 0 Å². The van der Waals surface area contributed by atoms with E-state index in [1.54, 1.807) is 6.07 Å². The summed E-state index contributed by atoms with van der Waals surface area (Å²) in [5.41, 5.74) is 11.5. The number of hydrogen-bond donors (Lipinski definition) is 2. The zero-order valence-corrected chi connectivity index (χ0v) is 13.1. The molecule has 1 aromatic rings. The molecule has 1 aromatic carbocycles. The molecule has 4 N–H and O–H groups in total. The lowest BCUT2D eigenvalue weighted by molar-refractivity contribution is -0.385. The summed E-state index contributed by atoms with van der Waals surface area (Å²) in [7, 11) is 0. The van der Waals surface area contributed by atoms with Gasteiger partial charge in [0, 0.05) is 23.7 Å². The van der Waals surface area contributed by atoms with Crippen molar-refractivity contribution in [2.45, 2.75) is 19.4 Å². The minimum atomic E-state index is -0.659. The quantitative estimate of drug-likeness (QED) is 0.624. The molecule has 1 aliphatic heterocycles. The third-order valence-corrected chi connectivity index (χ3v) is 4.00. The molecule has 0 saturated carbocycles. The first-order chi connectivity index (χ1) is 10.0. The number of benzene rings is 1. The van der Waals surface area contributed by atoms with E-state index in [1.165, 1.54) is 12.1 Å². The van der Waals surface area contributed by atoms with Gasteiger partial charge in [-0.15, -0.1) is 12.4 Å². The molecule has 0 aromatic heterocycles. The molecule has 0 spiro atoms. The third-order valence-electron chi connectivity index (χ3n) is 4.00. The maximum atomic E-state index is 11.2. The van der Waals surface area contributed by atoms with Crippen molar-refractivity contribution in [1.82, 2.24) is 4.90 Å². The Morgan fingerprint density at radius 1 is 1.36 bits per heavy atom. The standard InChI is InChI=1S/C14H20N4O3.ClH/c15-8-10-3-5-17(6-4-10)9-12-2-1-11(14(16)19)7-13(12)18(20)21;/h1-2,7,10H,3-6,8-9,15H2,(H2,16,19);1H. The van der Waals surface area contributed by atoms with Gasteiger partial charge in [0.2, 0.25) is 5.91 Å². The summed E-state index contributed by atoms with van der Waals surface area (Å²) >= 11 is 0. The largest absolute Gasteiger partial charge is 0.366 e. The fourth-order valence-electron chi connectivity index (χ4n) is 2.64. The highest BCUT2D eigenvalue weighted by Gasteiger charge is 2.22. The average molecular weight is 329 g/mol. The number of nitro benzene ring substituents is 1. The number of likely N-dealkylation sites (tertiary alicyclic amines) is 1. The third kappa shape index (κ3) is 4.40. The van der Waals surface area contributed by atoms with Gasteiger partial charge in [-0.05, 0) is 44.5 Å². The molecule has 22 heavy (non-hydrogen) atoms. The Morgan fingerprint density at radius 3 is 2.50 bits per heavy atom. The van der Waals surface area contributed by atoms with Gasteiger partial charge in [-0.3, -0.25) is 19.8 Å². The molecule has 2 rings (SSSR count). The van der Waals surface area contributed by atoms with E-state index in [-0.39, 0.29) is 23.7 Å². The first kappa shape index (κ1) is 18.3. The normalized spacial score (nSPS) is 16.0. The first-order valence-electron chi connectivity index (χ1n) is 7.00. The minimum absolute atomic E-state index is 0. The smallest absolute Gasteiger partial charge is 0.274 e. The second-order valence-corrected chi connectivity index (χ2v) is 5.42. The molecule has 0 radical (unpaired) electrons. The predicted molar refractivity (Wildman–Crippen MR) is 85.9 cm³/mol. The fourth-order valence-corrected chi connectivity index (χ4v) is 2.64. The summed E-state index contributed by atoms with van der Waals surface area (Å²) in [5, 5.41) is 11.2. The van der Waals surface area contributed by atoms with Crippen molar-refractivity contribution in [3.8, 4) is 0 Å². The molecule has 1 amide bonds. The van der Waals surface area contributed by atoms with Crippen LogP contribution in [0, 0.1) is 16.0 Å². The van der Waals surface area contributed by atoms with Crippen LogP contribution in [0.4, 0.5) is 5.69 Å². The van der Waals surface area contributed by atoms with Gasteiger partial charge < -0.3 is 11.5 Å². The summed E-state index contributed by atoms with van der Waals surface area (Å²) in [6.07, 6.45) is 2.04. The Morgan fingerprint density at radius 2 is 2.00 bits per heavy atom. The highest BCUT2D eigenvalue weighted by molar-refractivity contribution is 5.93. The molecule has 8 heteroatoms. The highest BCUT2D eigenvalue weighted by Crippen LogP contribution is 2.24. The highest BCUT2D eigenvalue weighted by atomic mass is 35.5. The Bertz CT molecular complexity index is 545. The van der Waals surface area contributed by atoms with Gasteiger partial charge in [0.15, 0.2) is 0 Å². The Balaban J connectivity index is 0.00000242. The molecule has 122 valence electrons. The zero-order valence-electron chi connectivity index (χ0n) is 12.2. The summed E-state index contributed by atoms with van der Waals surface area (Å²) in [6, 6.07) is 4.41. The molecule has 0 aliphatic carbocycles. The number of nitrogens with two attached hydrogens (primary N) is 2. The summed E-state index contributed by atoms with van der Waals surface area (Å²) in [5.74, 6) is -0.109. The molecule has 1 aliphatic rings. The molecule has 0 atom stereocenters. The van der Waals surface area contributed by atoms with Crippen LogP contribution in [0.2, 0.25) is 0 Å². The number of hydrogen-bond acceptors (Lipinski definition) is 5. The van der Waals surface area contributed by atoms with Gasteiger partial charge in [0.1, 0.15) is 0 Å². The number of piperidine rings is 1. The van der Waals surface area contributed by atoms with Crippen LogP contribution in [0.3, 0.4) is 0 Å². The van der Waals surface area contributed by atoms with Crippen LogP contribution in [-0.4, -0.2) is 35.4 Å². The van der Waals surface area contributed by atoms with E-state index < -0.39 is 10.8 Å². The monoisotopic (exact) mass is 328 g/mol. The van der Waals surface area contributed by atoms with Crippen molar-refractivity contribution >= 4 is 24.0 Å². The second-order valence-electron chi connectivity index (χ2n) is 5.42. The molecular formula is C14H21ClN4O3. The molecule has 0 bridgehead atoms. The van der Waals surface area contributed by atoms with Crippen molar-refractivity contribution < 1.29 is 9.72 Å². The van der Waals surface area contributed by atoms with Crippen molar-refractivity contribution in [3.05, 3.63) is 39.4 Å². The van der Waals surface area contributed by atoms with Crippen LogP contribution in [0.15, 0.2) is 18.2 Å². The number of carbonyl (C=O) groups is 1. The van der Waals surface area contributed by atoms with Gasteiger partial charge in [0.05, 0.1) is 4.92 Å². The van der Waals surface area contributed by atoms with Gasteiger partial charge in [-0.1, -0.05) is 6.07 Å². The molecule has 1 saturated heterocycles. The van der Waals surface area contributed by atoms with Gasteiger partial charge >= 0.3 is 0 Å². The van der Waals surface area contributed by atoms with Crippen molar-refractivity contribution in [1.29, 1.82) is 0 Å². The number of nitro groups is 1. The molecule has 7 nitrogen and oxygen atoms in total. The van der Waals surface area contributed by atoms with Gasteiger partial charge in [-0.25, -0.2) is 0 Å². The van der Waals surface area contributed by atoms with Gasteiger partial charge in [0.25, 0.3) is 5.69 Å². The van der Waals surface area contributed by atoms with Crippen LogP contribution in [-0.2, 0) is 6.54 Å². The SMILES string of the molecule is Cl.NCC1CCN(Cc2ccc(C(N)=O)cc2[N+](=O)[O-])CC1. The van der Waals surface area contributed by atoms with Crippen LogP contribution in [0.1, 0.15) is 28.8 Å². The molecule has 0 unspecified atom stereocenters. The van der Waals surface area contributed by atoms with E-state index >= 15 is 0 Å². The lowest BCUT2D eigenvalue weighted by Gasteiger charge is -2.31. The lowest BCUT2D eigenvalue weighted by atomic mass is 9.96. The molecule has 1 fully saturated rings. The predicted octanol–water partition coefficient (Wildman–Crippen LogP) is 1.29. The summed E-state index contributed by atoms with van der Waals surface area (Å²) in [4.78, 5) is 24.0. The van der Waals surface area contributed by atoms with Crippen LogP contribution >= 0.6 is 12.4 Å². The fraction of sp³-hybridized carbons (Fsp3) is 0.500. The number of nitrogens with zero attached hydrogens (tertiary/aromatic N) is 2. The number of primary amides is 1. The maximum Gasteiger partial charge on any atom is 0.274 e. The van der Waals surface area contributed by atoms with Gasteiger partial charge in [-0.2, -0.15) is 0 Å².